The topological polar surface area (TPSA) is 59.2 Å². The summed E-state index contributed by atoms with van der Waals surface area (Å²) in [6, 6.07) is 14.4. The number of carbonyl (C=O) groups is 1. The minimum atomic E-state index is -0.0469. The van der Waals surface area contributed by atoms with Crippen LogP contribution in [-0.2, 0) is 11.3 Å². The van der Waals surface area contributed by atoms with Crippen LogP contribution in [0.15, 0.2) is 47.0 Å². The van der Waals surface area contributed by atoms with Crippen molar-refractivity contribution in [2.24, 2.45) is 0 Å². The Bertz CT molecular complexity index is 993. The number of carbonyl (C=O) groups excluding carboxylic acids is 1. The van der Waals surface area contributed by atoms with Gasteiger partial charge >= 0.3 is 0 Å². The quantitative estimate of drug-likeness (QED) is 0.699. The maximum atomic E-state index is 12.5. The summed E-state index contributed by atoms with van der Waals surface area (Å²) in [5.41, 5.74) is 5.63. The van der Waals surface area contributed by atoms with Gasteiger partial charge in [0.05, 0.1) is 5.92 Å². The van der Waals surface area contributed by atoms with Gasteiger partial charge in [-0.25, -0.2) is 0 Å². The molecular weight excluding hydrogens is 338 g/mol. The van der Waals surface area contributed by atoms with Gasteiger partial charge in [-0.15, -0.1) is 0 Å². The molecule has 5 nitrogen and oxygen atoms in total. The SMILES string of the molecule is Cc1cccc(CN2CC(c3nc(-c4ccc(C)cc4C)no3)CC2=O)c1. The van der Waals surface area contributed by atoms with E-state index >= 15 is 0 Å². The first-order chi connectivity index (χ1) is 13.0. The summed E-state index contributed by atoms with van der Waals surface area (Å²) in [4.78, 5) is 18.9. The molecule has 1 unspecified atom stereocenters. The molecule has 1 aromatic heterocycles. The van der Waals surface area contributed by atoms with E-state index in [0.29, 0.717) is 31.2 Å². The van der Waals surface area contributed by atoms with Gasteiger partial charge in [0, 0.05) is 25.1 Å². The van der Waals surface area contributed by atoms with E-state index in [9.17, 15) is 4.79 Å². The Morgan fingerprint density at radius 1 is 1.11 bits per heavy atom. The van der Waals surface area contributed by atoms with Gasteiger partial charge < -0.3 is 9.42 Å². The molecule has 0 N–H and O–H groups in total. The lowest BCUT2D eigenvalue weighted by Crippen LogP contribution is -2.24. The molecule has 2 heterocycles. The number of rotatable bonds is 4. The van der Waals surface area contributed by atoms with Crippen molar-refractivity contribution in [2.75, 3.05) is 6.54 Å². The molecular formula is C22H23N3O2. The zero-order valence-electron chi connectivity index (χ0n) is 15.9. The molecule has 2 aromatic carbocycles. The van der Waals surface area contributed by atoms with E-state index in [1.807, 2.05) is 30.0 Å². The van der Waals surface area contributed by atoms with E-state index in [-0.39, 0.29) is 11.8 Å². The van der Waals surface area contributed by atoms with Crippen LogP contribution in [0.25, 0.3) is 11.4 Å². The molecule has 3 aromatic rings. The van der Waals surface area contributed by atoms with Gasteiger partial charge in [-0.1, -0.05) is 58.7 Å². The highest BCUT2D eigenvalue weighted by Gasteiger charge is 2.34. The molecule has 5 heteroatoms. The summed E-state index contributed by atoms with van der Waals surface area (Å²) in [6.45, 7) is 7.40. The van der Waals surface area contributed by atoms with E-state index in [0.717, 1.165) is 16.7 Å². The average molecular weight is 361 g/mol. The Balaban J connectivity index is 1.50. The zero-order valence-corrected chi connectivity index (χ0v) is 15.9. The molecule has 138 valence electrons. The molecule has 0 radical (unpaired) electrons. The number of amides is 1. The summed E-state index contributed by atoms with van der Waals surface area (Å²) in [5, 5.41) is 4.15. The third kappa shape index (κ3) is 3.63. The Hall–Kier alpha value is -2.95. The third-order valence-corrected chi connectivity index (χ3v) is 5.08. The lowest BCUT2D eigenvalue weighted by Gasteiger charge is -2.16. The molecule has 4 rings (SSSR count). The minimum Gasteiger partial charge on any atom is -0.339 e. The normalized spacial score (nSPS) is 16.9. The van der Waals surface area contributed by atoms with Crippen molar-refractivity contribution in [3.63, 3.8) is 0 Å². The predicted octanol–water partition coefficient (Wildman–Crippen LogP) is 4.18. The van der Waals surface area contributed by atoms with E-state index in [4.69, 9.17) is 4.52 Å². The van der Waals surface area contributed by atoms with Gasteiger partial charge in [0.15, 0.2) is 0 Å². The van der Waals surface area contributed by atoms with Crippen LogP contribution < -0.4 is 0 Å². The summed E-state index contributed by atoms with van der Waals surface area (Å²) in [5.74, 6) is 1.22. The van der Waals surface area contributed by atoms with Crippen LogP contribution in [0.3, 0.4) is 0 Å². The number of likely N-dealkylation sites (tertiary alicyclic amines) is 1. The lowest BCUT2D eigenvalue weighted by atomic mass is 10.1. The van der Waals surface area contributed by atoms with E-state index < -0.39 is 0 Å². The molecule has 1 atom stereocenters. The standard InChI is InChI=1S/C22H23N3O2/c1-14-5-4-6-17(10-14)12-25-13-18(11-20(25)26)22-23-21(24-27-22)19-8-7-15(2)9-16(19)3/h4-10,18H,11-13H2,1-3H3. The number of hydrogen-bond acceptors (Lipinski definition) is 4. The summed E-state index contributed by atoms with van der Waals surface area (Å²) in [7, 11) is 0. The second-order valence-corrected chi connectivity index (χ2v) is 7.44. The number of benzene rings is 2. The highest BCUT2D eigenvalue weighted by molar-refractivity contribution is 5.79. The molecule has 0 aliphatic carbocycles. The maximum Gasteiger partial charge on any atom is 0.232 e. The van der Waals surface area contributed by atoms with Crippen molar-refractivity contribution in [1.29, 1.82) is 0 Å². The van der Waals surface area contributed by atoms with Gasteiger partial charge in [-0.3, -0.25) is 4.79 Å². The van der Waals surface area contributed by atoms with Crippen molar-refractivity contribution >= 4 is 5.91 Å². The first-order valence-electron chi connectivity index (χ1n) is 9.24. The summed E-state index contributed by atoms with van der Waals surface area (Å²) < 4.78 is 5.51. The second-order valence-electron chi connectivity index (χ2n) is 7.44. The minimum absolute atomic E-state index is 0.0469. The highest BCUT2D eigenvalue weighted by atomic mass is 16.5. The number of aromatic nitrogens is 2. The molecule has 1 aliphatic heterocycles. The molecule has 1 saturated heterocycles. The number of aryl methyl sites for hydroxylation is 3. The number of hydrogen-bond donors (Lipinski definition) is 0. The maximum absolute atomic E-state index is 12.5. The van der Waals surface area contributed by atoms with E-state index in [1.165, 1.54) is 11.1 Å². The van der Waals surface area contributed by atoms with Gasteiger partial charge in [0.2, 0.25) is 17.6 Å². The lowest BCUT2D eigenvalue weighted by molar-refractivity contribution is -0.128. The van der Waals surface area contributed by atoms with Gasteiger partial charge in [0.1, 0.15) is 0 Å². The predicted molar refractivity (Wildman–Crippen MR) is 103 cm³/mol. The Morgan fingerprint density at radius 3 is 2.70 bits per heavy atom. The fraction of sp³-hybridized carbons (Fsp3) is 0.318. The van der Waals surface area contributed by atoms with Crippen molar-refractivity contribution in [1.82, 2.24) is 15.0 Å². The Morgan fingerprint density at radius 2 is 1.93 bits per heavy atom. The molecule has 1 fully saturated rings. The summed E-state index contributed by atoms with van der Waals surface area (Å²) in [6.07, 6.45) is 0.417. The van der Waals surface area contributed by atoms with Crippen LogP contribution in [0.4, 0.5) is 0 Å². The zero-order chi connectivity index (χ0) is 19.0. The van der Waals surface area contributed by atoms with Crippen LogP contribution in [0.1, 0.15) is 40.5 Å². The Labute approximate surface area is 159 Å². The molecule has 0 bridgehead atoms. The first kappa shape index (κ1) is 17.5. The van der Waals surface area contributed by atoms with Crippen molar-refractivity contribution in [3.8, 4) is 11.4 Å². The fourth-order valence-corrected chi connectivity index (χ4v) is 3.70. The smallest absolute Gasteiger partial charge is 0.232 e. The largest absolute Gasteiger partial charge is 0.339 e. The van der Waals surface area contributed by atoms with E-state index in [2.05, 4.69) is 48.3 Å². The third-order valence-electron chi connectivity index (χ3n) is 5.08. The van der Waals surface area contributed by atoms with Crippen LogP contribution in [0, 0.1) is 20.8 Å². The van der Waals surface area contributed by atoms with Crippen LogP contribution in [0.5, 0.6) is 0 Å². The van der Waals surface area contributed by atoms with Crippen LogP contribution in [-0.4, -0.2) is 27.5 Å². The van der Waals surface area contributed by atoms with Crippen molar-refractivity contribution in [3.05, 3.63) is 70.6 Å². The number of nitrogens with zero attached hydrogens (tertiary/aromatic N) is 3. The van der Waals surface area contributed by atoms with Crippen LogP contribution in [0.2, 0.25) is 0 Å². The van der Waals surface area contributed by atoms with Gasteiger partial charge in [0.25, 0.3) is 0 Å². The Kier molecular flexibility index (Phi) is 4.52. The summed E-state index contributed by atoms with van der Waals surface area (Å²) >= 11 is 0. The molecule has 27 heavy (non-hydrogen) atoms. The first-order valence-corrected chi connectivity index (χ1v) is 9.24. The monoisotopic (exact) mass is 361 g/mol. The van der Waals surface area contributed by atoms with Gasteiger partial charge in [-0.05, 0) is 31.9 Å². The van der Waals surface area contributed by atoms with Crippen molar-refractivity contribution in [2.45, 2.75) is 39.7 Å². The van der Waals surface area contributed by atoms with Gasteiger partial charge in [-0.2, -0.15) is 4.98 Å². The second kappa shape index (κ2) is 6.99. The molecule has 0 spiro atoms. The average Bonchev–Trinajstić information content (AvgIpc) is 3.23. The van der Waals surface area contributed by atoms with E-state index in [1.54, 1.807) is 0 Å². The highest BCUT2D eigenvalue weighted by Crippen LogP contribution is 2.30. The molecule has 1 amide bonds. The van der Waals surface area contributed by atoms with Crippen molar-refractivity contribution < 1.29 is 9.32 Å². The van der Waals surface area contributed by atoms with Crippen LogP contribution >= 0.6 is 0 Å². The molecule has 0 saturated carbocycles. The fourth-order valence-electron chi connectivity index (χ4n) is 3.70. The molecule has 1 aliphatic rings.